The van der Waals surface area contributed by atoms with Gasteiger partial charge >= 0.3 is 0 Å². The summed E-state index contributed by atoms with van der Waals surface area (Å²) in [7, 11) is 1.87. The minimum Gasteiger partial charge on any atom is -0.346 e. The molecular weight excluding hydrogens is 363 g/mol. The van der Waals surface area contributed by atoms with Crippen LogP contribution >= 0.6 is 11.3 Å². The first kappa shape index (κ1) is 19.8. The number of thiophene rings is 1. The lowest BCUT2D eigenvalue weighted by Gasteiger charge is -2.33. The van der Waals surface area contributed by atoms with Gasteiger partial charge in [0.15, 0.2) is 0 Å². The first-order valence-corrected chi connectivity index (χ1v) is 10.5. The van der Waals surface area contributed by atoms with Crippen molar-refractivity contribution in [2.45, 2.75) is 39.5 Å². The first-order valence-electron chi connectivity index (χ1n) is 9.65. The van der Waals surface area contributed by atoms with Crippen LogP contribution < -0.4 is 0 Å². The Labute approximate surface area is 164 Å². The molecule has 0 bridgehead atoms. The number of carbonyl (C=O) groups is 2. The highest BCUT2D eigenvalue weighted by molar-refractivity contribution is 7.21. The Morgan fingerprint density at radius 2 is 2.00 bits per heavy atom. The Morgan fingerprint density at radius 1 is 1.30 bits per heavy atom. The van der Waals surface area contributed by atoms with Gasteiger partial charge in [-0.1, -0.05) is 13.3 Å². The Hall–Kier alpha value is -1.95. The normalized spacial score (nSPS) is 15.3. The molecule has 0 N–H and O–H groups in total. The number of unbranched alkanes of at least 4 members (excludes halogenated alkanes) is 1. The van der Waals surface area contributed by atoms with Crippen LogP contribution in [-0.2, 0) is 4.79 Å². The summed E-state index contributed by atoms with van der Waals surface area (Å²) in [4.78, 5) is 29.9. The molecule has 1 saturated heterocycles. The molecule has 4 nitrogen and oxygen atoms in total. The third-order valence-corrected chi connectivity index (χ3v) is 6.71. The number of likely N-dealkylation sites (tertiary alicyclic amines) is 1. The number of carbonyl (C=O) groups excluding carboxylic acids is 2. The molecule has 2 aromatic rings. The van der Waals surface area contributed by atoms with E-state index in [9.17, 15) is 14.0 Å². The molecule has 146 valence electrons. The van der Waals surface area contributed by atoms with Crippen LogP contribution in [0.4, 0.5) is 4.39 Å². The average molecular weight is 391 g/mol. The van der Waals surface area contributed by atoms with E-state index in [0.717, 1.165) is 35.0 Å². The van der Waals surface area contributed by atoms with E-state index in [-0.39, 0.29) is 23.5 Å². The molecule has 0 radical (unpaired) electrons. The Morgan fingerprint density at radius 3 is 2.67 bits per heavy atom. The lowest BCUT2D eigenvalue weighted by Crippen LogP contribution is -2.43. The molecule has 0 unspecified atom stereocenters. The summed E-state index contributed by atoms with van der Waals surface area (Å²) < 4.78 is 14.4. The fourth-order valence-electron chi connectivity index (χ4n) is 3.69. The number of nitrogens with zero attached hydrogens (tertiary/aromatic N) is 2. The van der Waals surface area contributed by atoms with E-state index < -0.39 is 0 Å². The number of aryl methyl sites for hydroxylation is 1. The topological polar surface area (TPSA) is 40.6 Å². The fourth-order valence-corrected chi connectivity index (χ4v) is 4.84. The van der Waals surface area contributed by atoms with Crippen molar-refractivity contribution in [2.24, 2.45) is 5.92 Å². The predicted octanol–water partition coefficient (Wildman–Crippen LogP) is 4.46. The lowest BCUT2D eigenvalue weighted by atomic mass is 9.95. The maximum absolute atomic E-state index is 13.5. The van der Waals surface area contributed by atoms with Crippen LogP contribution in [0.3, 0.4) is 0 Å². The van der Waals surface area contributed by atoms with Gasteiger partial charge in [0.05, 0.1) is 4.88 Å². The van der Waals surface area contributed by atoms with Gasteiger partial charge in [0.1, 0.15) is 5.82 Å². The Balaban J connectivity index is 1.65. The molecule has 3 rings (SSSR count). The second-order valence-corrected chi connectivity index (χ2v) is 8.43. The number of rotatable bonds is 5. The third-order valence-electron chi connectivity index (χ3n) is 5.45. The second-order valence-electron chi connectivity index (χ2n) is 7.38. The third kappa shape index (κ3) is 4.15. The molecule has 0 aliphatic carbocycles. The summed E-state index contributed by atoms with van der Waals surface area (Å²) >= 11 is 1.42. The van der Waals surface area contributed by atoms with Gasteiger partial charge in [-0.25, -0.2) is 4.39 Å². The molecule has 1 fully saturated rings. The molecule has 0 spiro atoms. The van der Waals surface area contributed by atoms with E-state index in [1.165, 1.54) is 23.5 Å². The van der Waals surface area contributed by atoms with E-state index in [1.807, 2.05) is 23.8 Å². The van der Waals surface area contributed by atoms with Crippen molar-refractivity contribution in [3.05, 3.63) is 34.5 Å². The van der Waals surface area contributed by atoms with Crippen molar-refractivity contribution in [1.29, 1.82) is 0 Å². The van der Waals surface area contributed by atoms with Gasteiger partial charge in [-0.15, -0.1) is 11.3 Å². The van der Waals surface area contributed by atoms with Crippen LogP contribution in [0.15, 0.2) is 18.2 Å². The van der Waals surface area contributed by atoms with Crippen LogP contribution in [0.2, 0.25) is 0 Å². The molecule has 1 aliphatic rings. The first-order chi connectivity index (χ1) is 12.9. The summed E-state index contributed by atoms with van der Waals surface area (Å²) in [6, 6.07) is 4.66. The monoisotopic (exact) mass is 390 g/mol. The zero-order valence-electron chi connectivity index (χ0n) is 16.3. The van der Waals surface area contributed by atoms with E-state index in [2.05, 4.69) is 6.92 Å². The molecule has 2 amide bonds. The van der Waals surface area contributed by atoms with Gasteiger partial charge in [0.25, 0.3) is 5.91 Å². The maximum atomic E-state index is 13.5. The van der Waals surface area contributed by atoms with E-state index >= 15 is 0 Å². The number of hydrogen-bond donors (Lipinski definition) is 0. The van der Waals surface area contributed by atoms with Crippen molar-refractivity contribution in [1.82, 2.24) is 9.80 Å². The van der Waals surface area contributed by atoms with Crippen LogP contribution in [0, 0.1) is 18.7 Å². The molecule has 6 heteroatoms. The quantitative estimate of drug-likeness (QED) is 0.756. The van der Waals surface area contributed by atoms with Crippen LogP contribution in [0.25, 0.3) is 10.1 Å². The van der Waals surface area contributed by atoms with Crippen LogP contribution in [-0.4, -0.2) is 48.3 Å². The van der Waals surface area contributed by atoms with Gasteiger partial charge in [0, 0.05) is 37.3 Å². The van der Waals surface area contributed by atoms with E-state index in [4.69, 9.17) is 0 Å². The number of fused-ring (bicyclic) bond motifs is 1. The molecule has 1 aromatic heterocycles. The molecular formula is C21H27FN2O2S. The molecule has 0 atom stereocenters. The lowest BCUT2D eigenvalue weighted by molar-refractivity contribution is -0.135. The second kappa shape index (κ2) is 8.38. The highest BCUT2D eigenvalue weighted by atomic mass is 32.1. The van der Waals surface area contributed by atoms with Crippen molar-refractivity contribution < 1.29 is 14.0 Å². The van der Waals surface area contributed by atoms with Crippen molar-refractivity contribution in [3.63, 3.8) is 0 Å². The zero-order chi connectivity index (χ0) is 19.6. The Kier molecular flexibility index (Phi) is 6.15. The van der Waals surface area contributed by atoms with Crippen molar-refractivity contribution in [2.75, 3.05) is 26.7 Å². The predicted molar refractivity (Wildman–Crippen MR) is 108 cm³/mol. The molecule has 0 saturated carbocycles. The number of halogens is 1. The van der Waals surface area contributed by atoms with Gasteiger partial charge in [-0.3, -0.25) is 9.59 Å². The largest absolute Gasteiger partial charge is 0.346 e. The maximum Gasteiger partial charge on any atom is 0.264 e. The number of piperidine rings is 1. The summed E-state index contributed by atoms with van der Waals surface area (Å²) in [6.07, 6.45) is 3.51. The summed E-state index contributed by atoms with van der Waals surface area (Å²) in [5, 5.41) is 0.811. The van der Waals surface area contributed by atoms with E-state index in [0.29, 0.717) is 30.8 Å². The minimum absolute atomic E-state index is 0.000607. The SMILES string of the molecule is CCCCN(C)C(=O)C1CCN(C(=O)c2sc3ccc(F)cc3c2C)CC1. The van der Waals surface area contributed by atoms with E-state index in [1.54, 1.807) is 6.07 Å². The van der Waals surface area contributed by atoms with Gasteiger partial charge in [-0.2, -0.15) is 0 Å². The summed E-state index contributed by atoms with van der Waals surface area (Å²) in [6.45, 7) is 5.99. The summed E-state index contributed by atoms with van der Waals surface area (Å²) in [5.74, 6) is -0.0779. The molecule has 27 heavy (non-hydrogen) atoms. The highest BCUT2D eigenvalue weighted by Gasteiger charge is 2.30. The average Bonchev–Trinajstić information content (AvgIpc) is 3.01. The number of amides is 2. The molecule has 1 aromatic carbocycles. The zero-order valence-corrected chi connectivity index (χ0v) is 17.1. The van der Waals surface area contributed by atoms with Gasteiger partial charge < -0.3 is 9.80 Å². The number of benzene rings is 1. The van der Waals surface area contributed by atoms with Crippen LogP contribution in [0.1, 0.15) is 47.8 Å². The molecule has 2 heterocycles. The fraction of sp³-hybridized carbons (Fsp3) is 0.524. The van der Waals surface area contributed by atoms with Crippen molar-refractivity contribution >= 4 is 33.2 Å². The summed E-state index contributed by atoms with van der Waals surface area (Å²) in [5.41, 5.74) is 0.844. The minimum atomic E-state index is -0.283. The molecule has 1 aliphatic heterocycles. The van der Waals surface area contributed by atoms with Gasteiger partial charge in [0.2, 0.25) is 5.91 Å². The smallest absolute Gasteiger partial charge is 0.264 e. The number of hydrogen-bond acceptors (Lipinski definition) is 3. The van der Waals surface area contributed by atoms with Crippen LogP contribution in [0.5, 0.6) is 0 Å². The Bertz CT molecular complexity index is 840. The van der Waals surface area contributed by atoms with Crippen molar-refractivity contribution in [3.8, 4) is 0 Å². The van der Waals surface area contributed by atoms with Gasteiger partial charge in [-0.05, 0) is 55.3 Å². The standard InChI is InChI=1S/C21H27FN2O2S/c1-4-5-10-23(3)20(25)15-8-11-24(12-9-15)21(26)19-14(2)17-13-16(22)6-7-18(17)27-19/h6-7,13,15H,4-5,8-12H2,1-3H3. The highest BCUT2D eigenvalue weighted by Crippen LogP contribution is 2.33.